The van der Waals surface area contributed by atoms with Crippen LogP contribution in [0.4, 0.5) is 5.82 Å². The molecule has 0 unspecified atom stereocenters. The minimum absolute atomic E-state index is 0.612. The van der Waals surface area contributed by atoms with Gasteiger partial charge in [0.1, 0.15) is 5.82 Å². The number of aromatic nitrogens is 3. The molecule has 4 nitrogen and oxygen atoms in total. The minimum Gasteiger partial charge on any atom is -0.383 e. The molecule has 1 aliphatic carbocycles. The quantitative estimate of drug-likeness (QED) is 0.710. The number of hydrogen-bond acceptors (Lipinski definition) is 3. The van der Waals surface area contributed by atoms with Crippen molar-refractivity contribution in [1.29, 1.82) is 0 Å². The second-order valence-electron chi connectivity index (χ2n) is 5.42. The first kappa shape index (κ1) is 11.5. The highest BCUT2D eigenvalue weighted by molar-refractivity contribution is 6.02. The second kappa shape index (κ2) is 4.07. The van der Waals surface area contributed by atoms with Crippen molar-refractivity contribution in [2.24, 2.45) is 0 Å². The third kappa shape index (κ3) is 1.48. The largest absolute Gasteiger partial charge is 0.383 e. The monoisotopic (exact) mass is 264 g/mol. The lowest BCUT2D eigenvalue weighted by atomic mass is 9.93. The summed E-state index contributed by atoms with van der Waals surface area (Å²) < 4.78 is 0. The van der Waals surface area contributed by atoms with Crippen LogP contribution < -0.4 is 5.73 Å². The molecule has 0 saturated heterocycles. The van der Waals surface area contributed by atoms with Crippen LogP contribution >= 0.6 is 0 Å². The molecule has 3 N–H and O–H groups in total. The fourth-order valence-electron chi connectivity index (χ4n) is 3.22. The molecule has 1 aliphatic rings. The van der Waals surface area contributed by atoms with Gasteiger partial charge in [0.25, 0.3) is 0 Å². The normalized spacial score (nSPS) is 13.8. The Morgan fingerprint density at radius 2 is 2.05 bits per heavy atom. The maximum atomic E-state index is 6.10. The molecule has 0 atom stereocenters. The molecule has 0 aliphatic heterocycles. The van der Waals surface area contributed by atoms with Crippen molar-refractivity contribution in [3.63, 3.8) is 0 Å². The number of aromatic amines is 1. The Bertz CT molecular complexity index is 817. The maximum Gasteiger partial charge on any atom is 0.184 e. The van der Waals surface area contributed by atoms with Crippen molar-refractivity contribution in [1.82, 2.24) is 15.2 Å². The van der Waals surface area contributed by atoms with E-state index in [0.29, 0.717) is 5.82 Å². The molecule has 20 heavy (non-hydrogen) atoms. The molecule has 0 bridgehead atoms. The van der Waals surface area contributed by atoms with Gasteiger partial charge in [-0.05, 0) is 42.9 Å². The number of hydrogen-bond donors (Lipinski definition) is 2. The number of nitrogens with one attached hydrogen (secondary N) is 1. The van der Waals surface area contributed by atoms with Crippen LogP contribution in [0.3, 0.4) is 0 Å². The van der Waals surface area contributed by atoms with Gasteiger partial charge in [-0.15, -0.1) is 0 Å². The topological polar surface area (TPSA) is 67.6 Å². The van der Waals surface area contributed by atoms with E-state index in [1.807, 2.05) is 0 Å². The number of anilines is 1. The van der Waals surface area contributed by atoms with E-state index in [9.17, 15) is 0 Å². The lowest BCUT2D eigenvalue weighted by Crippen LogP contribution is -1.97. The third-order valence-electron chi connectivity index (χ3n) is 4.17. The highest BCUT2D eigenvalue weighted by Crippen LogP contribution is 2.39. The van der Waals surface area contributed by atoms with Gasteiger partial charge in [0, 0.05) is 11.3 Å². The van der Waals surface area contributed by atoms with Crippen LogP contribution in [-0.2, 0) is 12.8 Å². The molecule has 0 fully saturated rings. The third-order valence-corrected chi connectivity index (χ3v) is 4.17. The van der Waals surface area contributed by atoms with E-state index >= 15 is 0 Å². The average molecular weight is 264 g/mol. The van der Waals surface area contributed by atoms with E-state index in [-0.39, 0.29) is 0 Å². The van der Waals surface area contributed by atoms with Crippen molar-refractivity contribution in [3.05, 3.63) is 41.1 Å². The van der Waals surface area contributed by atoms with Gasteiger partial charge in [0.15, 0.2) is 5.65 Å². The van der Waals surface area contributed by atoms with E-state index < -0.39 is 0 Å². The van der Waals surface area contributed by atoms with E-state index in [2.05, 4.69) is 46.4 Å². The number of pyridine rings is 1. The number of rotatable bonds is 1. The summed E-state index contributed by atoms with van der Waals surface area (Å²) in [5.74, 6) is 0.612. The zero-order valence-electron chi connectivity index (χ0n) is 11.4. The SMILES string of the molecule is Cc1ccccc1-c1c2c(nc3n[nH]c(N)c13)CCC2. The summed E-state index contributed by atoms with van der Waals surface area (Å²) >= 11 is 0. The van der Waals surface area contributed by atoms with Crippen molar-refractivity contribution in [3.8, 4) is 11.1 Å². The molecule has 2 heterocycles. The average Bonchev–Trinajstić information content (AvgIpc) is 3.05. The molecule has 0 saturated carbocycles. The van der Waals surface area contributed by atoms with E-state index in [1.54, 1.807) is 0 Å². The van der Waals surface area contributed by atoms with Crippen molar-refractivity contribution in [2.45, 2.75) is 26.2 Å². The maximum absolute atomic E-state index is 6.10. The van der Waals surface area contributed by atoms with Crippen LogP contribution in [0, 0.1) is 6.92 Å². The van der Waals surface area contributed by atoms with Crippen molar-refractivity contribution in [2.75, 3.05) is 5.73 Å². The van der Waals surface area contributed by atoms with Crippen LogP contribution in [0.15, 0.2) is 24.3 Å². The minimum atomic E-state index is 0.612. The van der Waals surface area contributed by atoms with Gasteiger partial charge in [-0.1, -0.05) is 24.3 Å². The summed E-state index contributed by atoms with van der Waals surface area (Å²) in [6.07, 6.45) is 3.28. The number of nitrogens with two attached hydrogens (primary N) is 1. The number of fused-ring (bicyclic) bond motifs is 2. The molecule has 4 rings (SSSR count). The summed E-state index contributed by atoms with van der Waals surface area (Å²) in [5.41, 5.74) is 13.1. The number of benzene rings is 1. The van der Waals surface area contributed by atoms with E-state index in [1.165, 1.54) is 27.9 Å². The predicted molar refractivity (Wildman–Crippen MR) is 80.5 cm³/mol. The summed E-state index contributed by atoms with van der Waals surface area (Å²) in [7, 11) is 0. The Balaban J connectivity index is 2.17. The van der Waals surface area contributed by atoms with Crippen molar-refractivity contribution < 1.29 is 0 Å². The Kier molecular flexibility index (Phi) is 2.33. The summed E-state index contributed by atoms with van der Waals surface area (Å²) in [6.45, 7) is 2.14. The zero-order chi connectivity index (χ0) is 13.7. The van der Waals surface area contributed by atoms with E-state index in [4.69, 9.17) is 5.73 Å². The number of H-pyrrole nitrogens is 1. The molecule has 100 valence electrons. The Morgan fingerprint density at radius 1 is 1.20 bits per heavy atom. The smallest absolute Gasteiger partial charge is 0.184 e. The second-order valence-corrected chi connectivity index (χ2v) is 5.42. The van der Waals surface area contributed by atoms with Gasteiger partial charge in [0.2, 0.25) is 0 Å². The first-order valence-corrected chi connectivity index (χ1v) is 6.97. The molecule has 4 heteroatoms. The highest BCUT2D eigenvalue weighted by atomic mass is 15.2. The Morgan fingerprint density at radius 3 is 2.90 bits per heavy atom. The van der Waals surface area contributed by atoms with Gasteiger partial charge in [-0.3, -0.25) is 5.10 Å². The van der Waals surface area contributed by atoms with Crippen LogP contribution in [0.25, 0.3) is 22.2 Å². The predicted octanol–water partition coefficient (Wildman–Crippen LogP) is 3.00. The standard InChI is InChI=1S/C16H16N4/c1-9-5-2-3-6-10(9)13-11-7-4-8-12(11)18-16-14(13)15(17)19-20-16/h2-3,5-6H,4,7-8H2,1H3,(H3,17,18,19,20). The molecule has 0 amide bonds. The first-order valence-electron chi connectivity index (χ1n) is 6.97. The van der Waals surface area contributed by atoms with Crippen molar-refractivity contribution >= 4 is 16.9 Å². The summed E-state index contributed by atoms with van der Waals surface area (Å²) in [6, 6.07) is 8.44. The molecular formula is C16H16N4. The molecule has 1 aromatic carbocycles. The van der Waals surface area contributed by atoms with Gasteiger partial charge in [0.05, 0.1) is 5.39 Å². The van der Waals surface area contributed by atoms with Gasteiger partial charge in [-0.25, -0.2) is 4.98 Å². The van der Waals surface area contributed by atoms with E-state index in [0.717, 1.165) is 30.3 Å². The molecule has 2 aromatic heterocycles. The van der Waals surface area contributed by atoms with Crippen LogP contribution in [-0.4, -0.2) is 15.2 Å². The zero-order valence-corrected chi connectivity index (χ0v) is 11.4. The lowest BCUT2D eigenvalue weighted by Gasteiger charge is -2.12. The number of nitrogen functional groups attached to an aromatic ring is 1. The molecular weight excluding hydrogens is 248 g/mol. The summed E-state index contributed by atoms with van der Waals surface area (Å²) in [4.78, 5) is 4.67. The van der Waals surface area contributed by atoms with Crippen LogP contribution in [0.2, 0.25) is 0 Å². The molecule has 0 spiro atoms. The number of nitrogens with zero attached hydrogens (tertiary/aromatic N) is 2. The fraction of sp³-hybridized carbons (Fsp3) is 0.250. The fourth-order valence-corrected chi connectivity index (χ4v) is 3.22. The van der Waals surface area contributed by atoms with Crippen LogP contribution in [0.1, 0.15) is 23.2 Å². The van der Waals surface area contributed by atoms with Gasteiger partial charge in [-0.2, -0.15) is 5.10 Å². The first-order chi connectivity index (χ1) is 9.75. The number of aryl methyl sites for hydroxylation is 2. The Labute approximate surface area is 117 Å². The molecule has 0 radical (unpaired) electrons. The van der Waals surface area contributed by atoms with Crippen LogP contribution in [0.5, 0.6) is 0 Å². The lowest BCUT2D eigenvalue weighted by molar-refractivity contribution is 0.900. The molecule has 3 aromatic rings. The highest BCUT2D eigenvalue weighted by Gasteiger charge is 2.23. The summed E-state index contributed by atoms with van der Waals surface area (Å²) in [5, 5.41) is 8.10. The van der Waals surface area contributed by atoms with Gasteiger partial charge < -0.3 is 5.73 Å². The Hall–Kier alpha value is -2.36. The van der Waals surface area contributed by atoms with Gasteiger partial charge >= 0.3 is 0 Å².